The number of hydrogen-bond acceptors (Lipinski definition) is 3. The average molecular weight is 421 g/mol. The number of aliphatic imine (C=N–C) groups is 1. The van der Waals surface area contributed by atoms with Crippen molar-refractivity contribution < 1.29 is 9.47 Å². The average Bonchev–Trinajstić information content (AvgIpc) is 2.50. The van der Waals surface area contributed by atoms with Gasteiger partial charge in [-0.15, -0.1) is 24.0 Å². The SMILES string of the molecule is CN=C(NCCOC)NCC(C)(C)c1ccc(OC)cc1.I. The summed E-state index contributed by atoms with van der Waals surface area (Å²) in [6, 6.07) is 8.18. The number of benzene rings is 1. The van der Waals surface area contributed by atoms with Gasteiger partial charge in [0.05, 0.1) is 13.7 Å². The lowest BCUT2D eigenvalue weighted by atomic mass is 9.84. The molecule has 0 aromatic heterocycles. The third kappa shape index (κ3) is 6.83. The molecular formula is C16H28IN3O2. The third-order valence-electron chi connectivity index (χ3n) is 3.39. The predicted octanol–water partition coefficient (Wildman–Crippen LogP) is 2.40. The van der Waals surface area contributed by atoms with Crippen LogP contribution >= 0.6 is 24.0 Å². The summed E-state index contributed by atoms with van der Waals surface area (Å²) in [4.78, 5) is 4.20. The van der Waals surface area contributed by atoms with Crippen LogP contribution in [-0.2, 0) is 10.2 Å². The van der Waals surface area contributed by atoms with E-state index in [-0.39, 0.29) is 29.4 Å². The summed E-state index contributed by atoms with van der Waals surface area (Å²) in [6.45, 7) is 6.57. The van der Waals surface area contributed by atoms with Crippen LogP contribution in [0.2, 0.25) is 0 Å². The summed E-state index contributed by atoms with van der Waals surface area (Å²) < 4.78 is 10.2. The molecule has 0 spiro atoms. The van der Waals surface area contributed by atoms with Gasteiger partial charge in [-0.3, -0.25) is 4.99 Å². The van der Waals surface area contributed by atoms with Gasteiger partial charge >= 0.3 is 0 Å². The van der Waals surface area contributed by atoms with Crippen LogP contribution in [0.4, 0.5) is 0 Å². The summed E-state index contributed by atoms with van der Waals surface area (Å²) in [6.07, 6.45) is 0. The summed E-state index contributed by atoms with van der Waals surface area (Å²) in [7, 11) is 5.13. The lowest BCUT2D eigenvalue weighted by molar-refractivity contribution is 0.203. The summed E-state index contributed by atoms with van der Waals surface area (Å²) >= 11 is 0. The Morgan fingerprint density at radius 3 is 2.27 bits per heavy atom. The molecule has 0 aliphatic heterocycles. The maximum atomic E-state index is 5.20. The molecule has 0 bridgehead atoms. The van der Waals surface area contributed by atoms with Crippen molar-refractivity contribution in [2.24, 2.45) is 4.99 Å². The molecule has 1 aromatic rings. The highest BCUT2D eigenvalue weighted by atomic mass is 127. The second-order valence-corrected chi connectivity index (χ2v) is 5.46. The molecule has 0 aliphatic rings. The smallest absolute Gasteiger partial charge is 0.191 e. The quantitative estimate of drug-likeness (QED) is 0.307. The first-order chi connectivity index (χ1) is 10.0. The Morgan fingerprint density at radius 2 is 1.77 bits per heavy atom. The standard InChI is InChI=1S/C16H27N3O2.HI/c1-16(2,13-6-8-14(21-5)9-7-13)12-19-15(17-3)18-10-11-20-4;/h6-9H,10-12H2,1-5H3,(H2,17,18,19);1H. The van der Waals surface area contributed by atoms with E-state index < -0.39 is 0 Å². The highest BCUT2D eigenvalue weighted by Crippen LogP contribution is 2.24. The van der Waals surface area contributed by atoms with Crippen LogP contribution in [0.25, 0.3) is 0 Å². The van der Waals surface area contributed by atoms with Crippen LogP contribution in [0, 0.1) is 0 Å². The topological polar surface area (TPSA) is 54.9 Å². The molecule has 0 saturated carbocycles. The van der Waals surface area contributed by atoms with Gasteiger partial charge in [0.1, 0.15) is 5.75 Å². The summed E-state index contributed by atoms with van der Waals surface area (Å²) in [5.74, 6) is 1.66. The fraction of sp³-hybridized carbons (Fsp3) is 0.562. The van der Waals surface area contributed by atoms with Crippen LogP contribution in [0.5, 0.6) is 5.75 Å². The molecule has 1 rings (SSSR count). The number of hydrogen-bond donors (Lipinski definition) is 2. The van der Waals surface area contributed by atoms with Crippen molar-refractivity contribution in [1.82, 2.24) is 10.6 Å². The van der Waals surface area contributed by atoms with Gasteiger partial charge in [0.15, 0.2) is 5.96 Å². The van der Waals surface area contributed by atoms with E-state index in [4.69, 9.17) is 9.47 Å². The maximum absolute atomic E-state index is 5.20. The van der Waals surface area contributed by atoms with E-state index in [2.05, 4.69) is 41.6 Å². The molecular weight excluding hydrogens is 393 g/mol. The summed E-state index contributed by atoms with van der Waals surface area (Å²) in [5, 5.41) is 6.55. The number of halogens is 1. The molecule has 0 fully saturated rings. The van der Waals surface area contributed by atoms with Gasteiger partial charge in [-0.2, -0.15) is 0 Å². The molecule has 0 atom stereocenters. The fourth-order valence-electron chi connectivity index (χ4n) is 1.94. The van der Waals surface area contributed by atoms with Crippen molar-refractivity contribution in [1.29, 1.82) is 0 Å². The van der Waals surface area contributed by atoms with E-state index in [1.165, 1.54) is 5.56 Å². The Labute approximate surface area is 150 Å². The number of nitrogens with one attached hydrogen (secondary N) is 2. The van der Waals surface area contributed by atoms with E-state index in [1.54, 1.807) is 21.3 Å². The molecule has 5 nitrogen and oxygen atoms in total. The van der Waals surface area contributed by atoms with Crippen LogP contribution in [-0.4, -0.2) is 46.9 Å². The first-order valence-corrected chi connectivity index (χ1v) is 7.11. The van der Waals surface area contributed by atoms with Crippen molar-refractivity contribution in [3.8, 4) is 5.75 Å². The first-order valence-electron chi connectivity index (χ1n) is 7.11. The van der Waals surface area contributed by atoms with Gasteiger partial charge in [0, 0.05) is 32.7 Å². The first kappa shape index (κ1) is 21.0. The normalized spacial score (nSPS) is 11.6. The van der Waals surface area contributed by atoms with Gasteiger partial charge < -0.3 is 20.1 Å². The van der Waals surface area contributed by atoms with Gasteiger partial charge in [-0.25, -0.2) is 0 Å². The van der Waals surface area contributed by atoms with Crippen LogP contribution in [0.15, 0.2) is 29.3 Å². The molecule has 0 unspecified atom stereocenters. The van der Waals surface area contributed by atoms with Gasteiger partial charge in [-0.05, 0) is 17.7 Å². The molecule has 126 valence electrons. The third-order valence-corrected chi connectivity index (χ3v) is 3.39. The number of methoxy groups -OCH3 is 2. The van der Waals surface area contributed by atoms with E-state index in [9.17, 15) is 0 Å². The zero-order valence-corrected chi connectivity index (χ0v) is 16.4. The molecule has 2 N–H and O–H groups in total. The molecule has 1 aromatic carbocycles. The Kier molecular flexibility index (Phi) is 10.2. The molecule has 0 aliphatic carbocycles. The van der Waals surface area contributed by atoms with Gasteiger partial charge in [0.2, 0.25) is 0 Å². The van der Waals surface area contributed by atoms with Gasteiger partial charge in [-0.1, -0.05) is 26.0 Å². The lowest BCUT2D eigenvalue weighted by Gasteiger charge is -2.27. The lowest BCUT2D eigenvalue weighted by Crippen LogP contribution is -2.44. The predicted molar refractivity (Wildman–Crippen MR) is 103 cm³/mol. The van der Waals surface area contributed by atoms with Crippen molar-refractivity contribution >= 4 is 29.9 Å². The molecule has 0 saturated heterocycles. The molecule has 0 radical (unpaired) electrons. The fourth-order valence-corrected chi connectivity index (χ4v) is 1.94. The van der Waals surface area contributed by atoms with Gasteiger partial charge in [0.25, 0.3) is 0 Å². The van der Waals surface area contributed by atoms with Crippen molar-refractivity contribution in [3.63, 3.8) is 0 Å². The van der Waals surface area contributed by atoms with Crippen LogP contribution in [0.1, 0.15) is 19.4 Å². The molecule has 22 heavy (non-hydrogen) atoms. The highest BCUT2D eigenvalue weighted by Gasteiger charge is 2.20. The molecule has 0 amide bonds. The van der Waals surface area contributed by atoms with E-state index in [0.717, 1.165) is 24.8 Å². The Balaban J connectivity index is 0.00000441. The summed E-state index contributed by atoms with van der Waals surface area (Å²) in [5.41, 5.74) is 1.24. The number of ether oxygens (including phenoxy) is 2. The van der Waals surface area contributed by atoms with E-state index in [1.807, 2.05) is 12.1 Å². The van der Waals surface area contributed by atoms with Crippen LogP contribution < -0.4 is 15.4 Å². The largest absolute Gasteiger partial charge is 0.497 e. The molecule has 6 heteroatoms. The number of guanidine groups is 1. The second-order valence-electron chi connectivity index (χ2n) is 5.46. The highest BCUT2D eigenvalue weighted by molar-refractivity contribution is 14.0. The van der Waals surface area contributed by atoms with E-state index >= 15 is 0 Å². The maximum Gasteiger partial charge on any atom is 0.191 e. The monoisotopic (exact) mass is 421 g/mol. The Bertz CT molecular complexity index is 447. The number of rotatable bonds is 7. The minimum absolute atomic E-state index is 0. The van der Waals surface area contributed by atoms with Crippen molar-refractivity contribution in [2.75, 3.05) is 41.0 Å². The van der Waals surface area contributed by atoms with Crippen LogP contribution in [0.3, 0.4) is 0 Å². The van der Waals surface area contributed by atoms with Crippen molar-refractivity contribution in [3.05, 3.63) is 29.8 Å². The zero-order chi connectivity index (χ0) is 15.7. The Morgan fingerprint density at radius 1 is 1.14 bits per heavy atom. The Hall–Kier alpha value is -1.02. The second kappa shape index (κ2) is 10.7. The minimum atomic E-state index is -0.00878. The van der Waals surface area contributed by atoms with Crippen molar-refractivity contribution in [2.45, 2.75) is 19.3 Å². The minimum Gasteiger partial charge on any atom is -0.497 e. The van der Waals surface area contributed by atoms with E-state index in [0.29, 0.717) is 6.61 Å². The zero-order valence-electron chi connectivity index (χ0n) is 14.1. The number of nitrogens with zero attached hydrogens (tertiary/aromatic N) is 1. The molecule has 0 heterocycles.